The highest BCUT2D eigenvalue weighted by molar-refractivity contribution is 5.85. The Morgan fingerprint density at radius 3 is 1.15 bits per heavy atom. The van der Waals surface area contributed by atoms with E-state index in [1.807, 2.05) is 144 Å². The van der Waals surface area contributed by atoms with Gasteiger partial charge in [-0.2, -0.15) is 22.8 Å². The standard InChI is InChI=1S/5C15H19NO2.C14H21NO2/c1-9(2)11-5-6-13-12(7-11)8-14(17)15(18)16(13)10(3)4;1-9(2)11-5-6-12-8-14(17)15(18)16(10(3)4)13(12)7-11;1-9(2)11-6-5-7-13-12(11)8-14(17)15(18)16(13)10(3)4;1-9(2)12-7-5-6-11-8-13(17)15(18)16(10(3)4)14(11)12;1-9(2)13-11-7-5-6-8-12(11)16(10(3)4)15(18)14(13)17;1-9(2)15(10(3)4)7-11-5-13(16)14(17)6-12(11)8-15/h5*5-10,17H,1-4H3;5-6,9-10H,7-8H2,1-4H3,(H-,16,17)/p+6. The number of hydrogen-bond donors (Lipinski definition) is 12. The highest BCUT2D eigenvalue weighted by Crippen LogP contribution is 2.42. The highest BCUT2D eigenvalue weighted by Gasteiger charge is 2.42. The fourth-order valence-corrected chi connectivity index (χ4v) is 14.7. The molecule has 0 bridgehead atoms. The number of hydrogen-bond acceptors (Lipinski definition) is 12. The first-order chi connectivity index (χ1) is 50.0. The first-order valence-electron chi connectivity index (χ1n) is 37.9. The number of pyridine rings is 5. The number of rotatable bonds is 12. The van der Waals surface area contributed by atoms with Crippen molar-refractivity contribution in [2.75, 3.05) is 0 Å². The zero-order chi connectivity index (χ0) is 80.0. The minimum Gasteiger partial charge on any atom is -0.504 e. The second-order valence-electron chi connectivity index (χ2n) is 32.0. The second kappa shape index (κ2) is 34.7. The zero-order valence-corrected chi connectivity index (χ0v) is 67.6. The van der Waals surface area contributed by atoms with Crippen molar-refractivity contribution in [3.05, 3.63) is 172 Å². The van der Waals surface area contributed by atoms with Crippen molar-refractivity contribution < 1.29 is 88.6 Å². The van der Waals surface area contributed by atoms with Gasteiger partial charge in [-0.3, -0.25) is 0 Å². The number of phenols is 2. The largest absolute Gasteiger partial charge is 0.504 e. The second-order valence-corrected chi connectivity index (χ2v) is 32.0. The fraction of sp³-hybridized carbons (Fsp3) is 0.427. The lowest BCUT2D eigenvalue weighted by atomic mass is 9.97. The molecule has 107 heavy (non-hydrogen) atoms. The monoisotopic (exact) mass is 1470 g/mol. The minimum atomic E-state index is -0.0755. The number of benzene rings is 6. The van der Waals surface area contributed by atoms with E-state index in [1.165, 1.54) is 33.4 Å². The summed E-state index contributed by atoms with van der Waals surface area (Å²) in [6, 6.07) is 43.6. The van der Waals surface area contributed by atoms with E-state index in [1.54, 1.807) is 59.2 Å². The molecule has 1 aliphatic rings. The Morgan fingerprint density at radius 1 is 0.280 bits per heavy atom. The number of fused-ring (bicyclic) bond motifs is 6. The molecule has 6 aromatic carbocycles. The quantitative estimate of drug-likeness (QED) is 0.0310. The smallest absolute Gasteiger partial charge is 0.409 e. The maximum absolute atomic E-state index is 10.2. The number of phenolic OH excluding ortho intramolecular Hbond substituents is 2. The van der Waals surface area contributed by atoms with E-state index in [9.17, 15) is 61.3 Å². The van der Waals surface area contributed by atoms with Gasteiger partial charge in [0.05, 0.1) is 39.0 Å². The molecule has 1 aliphatic heterocycles. The molecule has 12 rings (SSSR count). The van der Waals surface area contributed by atoms with Crippen molar-refractivity contribution >= 4 is 54.5 Å². The van der Waals surface area contributed by atoms with Crippen LogP contribution < -0.4 is 22.8 Å². The Morgan fingerprint density at radius 2 is 0.673 bits per heavy atom. The molecule has 0 radical (unpaired) electrons. The van der Waals surface area contributed by atoms with E-state index in [0.717, 1.165) is 77.7 Å². The lowest BCUT2D eigenvalue weighted by Gasteiger charge is -2.42. The lowest BCUT2D eigenvalue weighted by Crippen LogP contribution is -2.53. The van der Waals surface area contributed by atoms with E-state index in [2.05, 4.69) is 119 Å². The average Bonchev–Trinajstić information content (AvgIpc) is 1.76. The van der Waals surface area contributed by atoms with Crippen molar-refractivity contribution in [3.63, 3.8) is 0 Å². The van der Waals surface area contributed by atoms with E-state index < -0.39 is 0 Å². The van der Waals surface area contributed by atoms with Crippen LogP contribution in [-0.4, -0.2) is 77.8 Å². The van der Waals surface area contributed by atoms with E-state index in [4.69, 9.17) is 0 Å². The maximum Gasteiger partial charge on any atom is 0.409 e. The Labute approximate surface area is 633 Å². The molecule has 18 heteroatoms. The summed E-state index contributed by atoms with van der Waals surface area (Å²) < 4.78 is 9.82. The molecule has 574 valence electrons. The number of quaternary nitrogens is 1. The predicted octanol–water partition coefficient (Wildman–Crippen LogP) is 19.0. The number of aromatic nitrogens is 5. The van der Waals surface area contributed by atoms with Gasteiger partial charge in [0.1, 0.15) is 13.1 Å². The summed E-state index contributed by atoms with van der Waals surface area (Å²) in [6.45, 7) is 51.8. The van der Waals surface area contributed by atoms with Gasteiger partial charge >= 0.3 is 29.4 Å². The van der Waals surface area contributed by atoms with Crippen LogP contribution in [-0.2, 0) is 13.1 Å². The summed E-state index contributed by atoms with van der Waals surface area (Å²) in [7, 11) is 0. The molecule has 0 amide bonds. The van der Waals surface area contributed by atoms with Crippen molar-refractivity contribution in [3.8, 4) is 69.6 Å². The molecule has 0 atom stereocenters. The average molecular weight is 1470 g/mol. The summed E-state index contributed by atoms with van der Waals surface area (Å²) >= 11 is 0. The molecule has 5 aromatic heterocycles. The summed E-state index contributed by atoms with van der Waals surface area (Å²) in [5, 5.41) is 124. The number of aromatic hydroxyl groups is 12. The molecule has 0 fully saturated rings. The van der Waals surface area contributed by atoms with E-state index >= 15 is 0 Å². The molecule has 12 N–H and O–H groups in total. The highest BCUT2D eigenvalue weighted by atomic mass is 16.3. The van der Waals surface area contributed by atoms with Crippen LogP contribution >= 0.6 is 0 Å². The van der Waals surface area contributed by atoms with Crippen molar-refractivity contribution in [1.82, 2.24) is 0 Å². The SMILES string of the molecule is CC(C)[N+]1(C(C)C)Cc2cc(O)c(O)cc2C1.CC(C)c1c(O)c(O)[n+](C(C)C)c2ccccc12.CC(C)c1ccc2c(c1)cc(O)c(O)[n+]2C(C)C.CC(C)c1ccc2cc(O)c(O)[n+](C(C)C)c2c1.CC(C)c1cccc2c1cc(O)c(O)[n+]2C(C)C.CC(C)c1cccc2cc(O)c(O)[n+](C(C)C)c12. The molecule has 11 aromatic rings. The Balaban J connectivity index is 0.000000179. The van der Waals surface area contributed by atoms with Crippen LogP contribution in [0.3, 0.4) is 0 Å². The van der Waals surface area contributed by atoms with Gasteiger partial charge < -0.3 is 65.8 Å². The summed E-state index contributed by atoms with van der Waals surface area (Å²) in [5.74, 6) is 1.15. The number of para-hydroxylation sites is 2. The van der Waals surface area contributed by atoms with Crippen molar-refractivity contribution in [2.24, 2.45) is 0 Å². The van der Waals surface area contributed by atoms with Crippen LogP contribution in [0.1, 0.15) is 265 Å². The molecular formula is C89H122N6O12+6. The molecule has 0 spiro atoms. The van der Waals surface area contributed by atoms with Gasteiger partial charge in [0, 0.05) is 70.8 Å². The van der Waals surface area contributed by atoms with Gasteiger partial charge in [0.25, 0.3) is 0 Å². The van der Waals surface area contributed by atoms with Gasteiger partial charge in [-0.25, -0.2) is 0 Å². The molecular weight excluding hydrogens is 1350 g/mol. The fourth-order valence-electron chi connectivity index (χ4n) is 14.7. The molecule has 6 heterocycles. The van der Waals surface area contributed by atoms with Crippen LogP contribution in [0.5, 0.6) is 69.6 Å². The van der Waals surface area contributed by atoms with Gasteiger partial charge in [0.15, 0.2) is 41.7 Å². The van der Waals surface area contributed by atoms with Crippen molar-refractivity contribution in [1.29, 1.82) is 0 Å². The van der Waals surface area contributed by atoms with E-state index in [-0.39, 0.29) is 106 Å². The third-order valence-corrected chi connectivity index (χ3v) is 20.5. The van der Waals surface area contributed by atoms with Crippen LogP contribution in [0, 0.1) is 0 Å². The Bertz CT molecular complexity index is 4820. The van der Waals surface area contributed by atoms with Crippen molar-refractivity contribution in [2.45, 2.75) is 251 Å². The Kier molecular flexibility index (Phi) is 27.3. The topological polar surface area (TPSA) is 262 Å². The predicted molar refractivity (Wildman–Crippen MR) is 427 cm³/mol. The maximum atomic E-state index is 10.2. The van der Waals surface area contributed by atoms with Crippen LogP contribution in [0.15, 0.2) is 133 Å². The van der Waals surface area contributed by atoms with Gasteiger partial charge in [0.2, 0.25) is 56.3 Å². The third-order valence-electron chi connectivity index (χ3n) is 20.5. The van der Waals surface area contributed by atoms with E-state index in [0.29, 0.717) is 35.8 Å². The first kappa shape index (κ1) is 84.2. The molecule has 0 unspecified atom stereocenters. The summed E-state index contributed by atoms with van der Waals surface area (Å²) in [6.07, 6.45) is 0. The summed E-state index contributed by atoms with van der Waals surface area (Å²) in [5.41, 5.74) is 12.7. The molecule has 0 saturated carbocycles. The normalized spacial score (nSPS) is 12.6. The van der Waals surface area contributed by atoms with Gasteiger partial charge in [-0.1, -0.05) is 118 Å². The van der Waals surface area contributed by atoms with Gasteiger partial charge in [-0.15, -0.1) is 0 Å². The lowest BCUT2D eigenvalue weighted by molar-refractivity contribution is -0.985. The van der Waals surface area contributed by atoms with Crippen LogP contribution in [0.4, 0.5) is 0 Å². The third kappa shape index (κ3) is 18.0. The zero-order valence-electron chi connectivity index (χ0n) is 67.6. The Hall–Kier alpha value is -10.1. The number of nitrogens with zero attached hydrogens (tertiary/aromatic N) is 6. The summed E-state index contributed by atoms with van der Waals surface area (Å²) in [4.78, 5) is 0. The molecule has 0 saturated heterocycles. The van der Waals surface area contributed by atoms with Crippen LogP contribution in [0.25, 0.3) is 54.5 Å². The first-order valence-corrected chi connectivity index (χ1v) is 37.9. The molecule has 0 aliphatic carbocycles. The minimum absolute atomic E-state index is 0.00241. The molecule has 18 nitrogen and oxygen atoms in total. The van der Waals surface area contributed by atoms with Gasteiger partial charge in [-0.05, 0) is 180 Å². The van der Waals surface area contributed by atoms with Crippen LogP contribution in [0.2, 0.25) is 0 Å².